The van der Waals surface area contributed by atoms with Crippen molar-refractivity contribution in [3.05, 3.63) is 175 Å². The Hall–Kier alpha value is -6.63. The molecule has 0 unspecified atom stereocenters. The van der Waals surface area contributed by atoms with E-state index >= 15 is 0 Å². The van der Waals surface area contributed by atoms with Crippen molar-refractivity contribution in [1.29, 1.82) is 0 Å². The van der Waals surface area contributed by atoms with Crippen molar-refractivity contribution >= 4 is 87.2 Å². The maximum Gasteiger partial charge on any atom is 0.153 e. The SMILES string of the molecule is C1=C(c2ccc(N(c3ccc(-c4cccc5c4oc4cccnc45)cc3)c3ccc4sc5ccccc5c4c3)cc2)c2oc3ccccc3c2CN1. The lowest BCUT2D eigenvalue weighted by molar-refractivity contribution is 0.587. The third-order valence-electron chi connectivity index (χ3n) is 10.2. The normalized spacial score (nSPS) is 12.8. The van der Waals surface area contributed by atoms with E-state index < -0.39 is 0 Å². The predicted octanol–water partition coefficient (Wildman–Crippen LogP) is 12.7. The van der Waals surface area contributed by atoms with Crippen LogP contribution in [0.3, 0.4) is 0 Å². The zero-order valence-electron chi connectivity index (χ0n) is 27.8. The summed E-state index contributed by atoms with van der Waals surface area (Å²) in [5.41, 5.74) is 12.2. The maximum absolute atomic E-state index is 6.41. The van der Waals surface area contributed by atoms with Gasteiger partial charge in [-0.1, -0.05) is 72.8 Å². The fourth-order valence-electron chi connectivity index (χ4n) is 7.75. The minimum absolute atomic E-state index is 0.749. The summed E-state index contributed by atoms with van der Waals surface area (Å²) in [6, 6.07) is 51.5. The highest BCUT2D eigenvalue weighted by Crippen LogP contribution is 2.43. The highest BCUT2D eigenvalue weighted by Gasteiger charge is 2.23. The van der Waals surface area contributed by atoms with E-state index in [1.54, 1.807) is 0 Å². The molecule has 0 amide bonds. The monoisotopic (exact) mass is 687 g/mol. The Morgan fingerprint density at radius 3 is 2.15 bits per heavy atom. The van der Waals surface area contributed by atoms with Crippen LogP contribution in [0.25, 0.3) is 69.9 Å². The van der Waals surface area contributed by atoms with Gasteiger partial charge < -0.3 is 19.1 Å². The molecule has 6 aromatic carbocycles. The predicted molar refractivity (Wildman–Crippen MR) is 215 cm³/mol. The van der Waals surface area contributed by atoms with Crippen LogP contribution in [0.15, 0.2) is 167 Å². The van der Waals surface area contributed by atoms with Crippen molar-refractivity contribution in [2.75, 3.05) is 4.90 Å². The van der Waals surface area contributed by atoms with Crippen molar-refractivity contribution in [2.45, 2.75) is 6.54 Å². The number of aromatic nitrogens is 1. The van der Waals surface area contributed by atoms with Crippen molar-refractivity contribution in [3.8, 4) is 11.1 Å². The van der Waals surface area contributed by atoms with Gasteiger partial charge in [0.2, 0.25) is 0 Å². The molecule has 52 heavy (non-hydrogen) atoms. The molecule has 10 aromatic rings. The maximum atomic E-state index is 6.41. The van der Waals surface area contributed by atoms with E-state index in [1.807, 2.05) is 41.8 Å². The van der Waals surface area contributed by atoms with Gasteiger partial charge in [-0.2, -0.15) is 0 Å². The number of thiophene rings is 1. The van der Waals surface area contributed by atoms with Crippen LogP contribution in [-0.4, -0.2) is 4.98 Å². The number of anilines is 3. The van der Waals surface area contributed by atoms with Crippen molar-refractivity contribution < 1.29 is 8.83 Å². The highest BCUT2D eigenvalue weighted by atomic mass is 32.1. The van der Waals surface area contributed by atoms with Crippen molar-refractivity contribution in [3.63, 3.8) is 0 Å². The molecule has 11 rings (SSSR count). The summed E-state index contributed by atoms with van der Waals surface area (Å²) in [7, 11) is 0. The Bertz CT molecular complexity index is 3020. The first kappa shape index (κ1) is 29.1. The standard InChI is InChI=1S/C46H29N3O2S/c1-3-11-40-34(7-1)39-27-47-26-38(46(39)50-40)29-16-20-31(21-17-29)49(32-22-23-43-37(25-32)35-8-2-4-13-42(35)52-43)30-18-14-28(15-19-30)33-9-5-10-36-44-41(51-45(33)36)12-6-24-48-44/h1-26,47H,27H2. The summed E-state index contributed by atoms with van der Waals surface area (Å²) in [6.45, 7) is 0.749. The quantitative estimate of drug-likeness (QED) is 0.195. The summed E-state index contributed by atoms with van der Waals surface area (Å²) < 4.78 is 15.3. The molecule has 0 radical (unpaired) electrons. The van der Waals surface area contributed by atoms with Crippen LogP contribution in [-0.2, 0) is 6.54 Å². The van der Waals surface area contributed by atoms with Gasteiger partial charge in [0.05, 0.1) is 0 Å². The van der Waals surface area contributed by atoms with Crippen LogP contribution in [0, 0.1) is 0 Å². The molecule has 4 aromatic heterocycles. The number of nitrogens with one attached hydrogen (secondary N) is 1. The van der Waals surface area contributed by atoms with Gasteiger partial charge in [0.1, 0.15) is 22.4 Å². The first-order valence-electron chi connectivity index (χ1n) is 17.4. The molecule has 0 fully saturated rings. The van der Waals surface area contributed by atoms with E-state index in [1.165, 1.54) is 25.7 Å². The molecule has 1 aliphatic rings. The lowest BCUT2D eigenvalue weighted by atomic mass is 9.97. The molecule has 6 heteroatoms. The van der Waals surface area contributed by atoms with Gasteiger partial charge in [0, 0.05) is 83.6 Å². The van der Waals surface area contributed by atoms with Gasteiger partial charge in [-0.3, -0.25) is 4.98 Å². The van der Waals surface area contributed by atoms with E-state index in [4.69, 9.17) is 8.83 Å². The lowest BCUT2D eigenvalue weighted by Gasteiger charge is -2.26. The van der Waals surface area contributed by atoms with E-state index in [0.717, 1.165) is 84.7 Å². The molecule has 5 nitrogen and oxygen atoms in total. The molecule has 0 spiro atoms. The number of nitrogens with zero attached hydrogens (tertiary/aromatic N) is 2. The number of para-hydroxylation sites is 2. The molecule has 0 aliphatic carbocycles. The van der Waals surface area contributed by atoms with Gasteiger partial charge in [-0.25, -0.2) is 0 Å². The summed E-state index contributed by atoms with van der Waals surface area (Å²) in [5, 5.41) is 8.20. The largest absolute Gasteiger partial charge is 0.456 e. The Kier molecular flexibility index (Phi) is 6.42. The lowest BCUT2D eigenvalue weighted by Crippen LogP contribution is -2.13. The zero-order chi connectivity index (χ0) is 34.2. The van der Waals surface area contributed by atoms with Crippen LogP contribution < -0.4 is 10.2 Å². The number of pyridine rings is 1. The first-order chi connectivity index (χ1) is 25.8. The van der Waals surface area contributed by atoms with Crippen LogP contribution in [0.2, 0.25) is 0 Å². The molecule has 246 valence electrons. The number of rotatable bonds is 5. The van der Waals surface area contributed by atoms with E-state index in [0.29, 0.717) is 0 Å². The number of hydrogen-bond donors (Lipinski definition) is 1. The third kappa shape index (κ3) is 4.51. The molecular formula is C46H29N3O2S. The molecule has 0 saturated heterocycles. The van der Waals surface area contributed by atoms with Crippen LogP contribution in [0.5, 0.6) is 0 Å². The van der Waals surface area contributed by atoms with Crippen molar-refractivity contribution in [1.82, 2.24) is 10.3 Å². The topological polar surface area (TPSA) is 54.4 Å². The molecular weight excluding hydrogens is 659 g/mol. The molecule has 1 aliphatic heterocycles. The Morgan fingerprint density at radius 1 is 0.577 bits per heavy atom. The van der Waals surface area contributed by atoms with Crippen LogP contribution >= 0.6 is 11.3 Å². The second-order valence-electron chi connectivity index (χ2n) is 13.2. The van der Waals surface area contributed by atoms with Gasteiger partial charge >= 0.3 is 0 Å². The van der Waals surface area contributed by atoms with E-state index in [9.17, 15) is 0 Å². The number of hydrogen-bond acceptors (Lipinski definition) is 6. The van der Waals surface area contributed by atoms with Crippen molar-refractivity contribution in [2.24, 2.45) is 0 Å². The fraction of sp³-hybridized carbons (Fsp3) is 0.0217. The zero-order valence-corrected chi connectivity index (χ0v) is 28.7. The summed E-state index contributed by atoms with van der Waals surface area (Å²) >= 11 is 1.84. The summed E-state index contributed by atoms with van der Waals surface area (Å²) in [6.07, 6.45) is 3.89. The Morgan fingerprint density at radius 2 is 1.29 bits per heavy atom. The molecule has 5 heterocycles. The third-order valence-corrected chi connectivity index (χ3v) is 11.4. The first-order valence-corrected chi connectivity index (χ1v) is 18.2. The van der Waals surface area contributed by atoms with Gasteiger partial charge in [0.25, 0.3) is 0 Å². The molecule has 0 bridgehead atoms. The fourth-order valence-corrected chi connectivity index (χ4v) is 8.84. The van der Waals surface area contributed by atoms with Gasteiger partial charge in [-0.15, -0.1) is 11.3 Å². The van der Waals surface area contributed by atoms with E-state index in [-0.39, 0.29) is 0 Å². The van der Waals surface area contributed by atoms with Crippen LogP contribution in [0.1, 0.15) is 16.9 Å². The highest BCUT2D eigenvalue weighted by molar-refractivity contribution is 7.25. The smallest absolute Gasteiger partial charge is 0.153 e. The number of fused-ring (bicyclic) bond motifs is 9. The molecule has 0 atom stereocenters. The van der Waals surface area contributed by atoms with Crippen LogP contribution in [0.4, 0.5) is 17.1 Å². The van der Waals surface area contributed by atoms with E-state index in [2.05, 4.69) is 143 Å². The Balaban J connectivity index is 1.02. The summed E-state index contributed by atoms with van der Waals surface area (Å²) in [5.74, 6) is 0.935. The number of furan rings is 2. The minimum atomic E-state index is 0.749. The van der Waals surface area contributed by atoms with Gasteiger partial charge in [0.15, 0.2) is 5.58 Å². The minimum Gasteiger partial charge on any atom is -0.456 e. The Labute approximate surface area is 302 Å². The van der Waals surface area contributed by atoms with Gasteiger partial charge in [-0.05, 0) is 83.9 Å². The number of benzene rings is 6. The molecule has 0 saturated carbocycles. The average molecular weight is 688 g/mol. The second kappa shape index (κ2) is 11.5. The summed E-state index contributed by atoms with van der Waals surface area (Å²) in [4.78, 5) is 6.93. The second-order valence-corrected chi connectivity index (χ2v) is 14.3. The average Bonchev–Trinajstić information content (AvgIpc) is 3.90. The molecule has 1 N–H and O–H groups in total.